The van der Waals surface area contributed by atoms with Crippen molar-refractivity contribution < 1.29 is 9.53 Å². The van der Waals surface area contributed by atoms with Crippen molar-refractivity contribution in [2.45, 2.75) is 38.5 Å². The molecule has 0 aromatic heterocycles. The molecule has 0 aromatic rings. The first-order valence-corrected chi connectivity index (χ1v) is 7.04. The zero-order valence-electron chi connectivity index (χ0n) is 11.0. The summed E-state index contributed by atoms with van der Waals surface area (Å²) in [4.78, 5) is 13.9. The molecule has 1 aliphatic heterocycles. The van der Waals surface area contributed by atoms with Gasteiger partial charge >= 0.3 is 0 Å². The fraction of sp³-hybridized carbons (Fsp3) is 0.929. The van der Waals surface area contributed by atoms with E-state index in [1.165, 1.54) is 12.8 Å². The quantitative estimate of drug-likeness (QED) is 0.736. The Bertz CT molecular complexity index is 249. The highest BCUT2D eigenvalue weighted by Gasteiger charge is 2.24. The second-order valence-corrected chi connectivity index (χ2v) is 5.69. The Balaban J connectivity index is 1.62. The maximum Gasteiger partial charge on any atom is 0.136 e. The Morgan fingerprint density at radius 3 is 2.88 bits per heavy atom. The number of carbonyl (C=O) groups is 1. The number of carbonyl (C=O) groups excluding carboxylic acids is 1. The number of ketones is 1. The van der Waals surface area contributed by atoms with Crippen molar-refractivity contribution in [1.82, 2.24) is 4.90 Å². The van der Waals surface area contributed by atoms with Crippen LogP contribution in [-0.2, 0) is 9.53 Å². The molecule has 0 radical (unpaired) electrons. The fourth-order valence-electron chi connectivity index (χ4n) is 3.05. The summed E-state index contributed by atoms with van der Waals surface area (Å²) in [6.07, 6.45) is 6.63. The third-order valence-corrected chi connectivity index (χ3v) is 4.11. The van der Waals surface area contributed by atoms with Crippen LogP contribution >= 0.6 is 0 Å². The molecule has 1 saturated heterocycles. The molecular weight excluding hydrogens is 214 g/mol. The van der Waals surface area contributed by atoms with Gasteiger partial charge in [-0.15, -0.1) is 0 Å². The normalized spacial score (nSPS) is 30.1. The summed E-state index contributed by atoms with van der Waals surface area (Å²) in [5.74, 6) is 1.56. The molecule has 98 valence electrons. The smallest absolute Gasteiger partial charge is 0.136 e. The van der Waals surface area contributed by atoms with Crippen LogP contribution in [0.1, 0.15) is 38.5 Å². The molecule has 3 nitrogen and oxygen atoms in total. The van der Waals surface area contributed by atoms with Crippen molar-refractivity contribution in [2.24, 2.45) is 11.8 Å². The van der Waals surface area contributed by atoms with E-state index in [2.05, 4.69) is 11.9 Å². The number of ether oxygens (including phenoxy) is 1. The average molecular weight is 239 g/mol. The largest absolute Gasteiger partial charge is 0.381 e. The van der Waals surface area contributed by atoms with Crippen LogP contribution in [0, 0.1) is 11.8 Å². The van der Waals surface area contributed by atoms with Crippen LogP contribution in [0.15, 0.2) is 0 Å². The molecule has 0 bridgehead atoms. The molecule has 2 aliphatic rings. The molecule has 17 heavy (non-hydrogen) atoms. The number of nitrogens with zero attached hydrogens (tertiary/aromatic N) is 1. The molecule has 3 heteroatoms. The van der Waals surface area contributed by atoms with Crippen LogP contribution in [-0.4, -0.2) is 44.0 Å². The van der Waals surface area contributed by atoms with Crippen molar-refractivity contribution in [3.63, 3.8) is 0 Å². The number of Topliss-reactive ketones (excluding diaryl/α,β-unsaturated/α-hetero) is 1. The molecule has 1 heterocycles. The van der Waals surface area contributed by atoms with Gasteiger partial charge in [-0.1, -0.05) is 0 Å². The summed E-state index contributed by atoms with van der Waals surface area (Å²) >= 11 is 0. The minimum absolute atomic E-state index is 0.361. The van der Waals surface area contributed by atoms with Gasteiger partial charge in [0.05, 0.1) is 6.61 Å². The van der Waals surface area contributed by atoms with Crippen molar-refractivity contribution in [3.8, 4) is 0 Å². The topological polar surface area (TPSA) is 29.5 Å². The lowest BCUT2D eigenvalue weighted by Crippen LogP contribution is -2.32. The van der Waals surface area contributed by atoms with E-state index in [9.17, 15) is 4.79 Å². The van der Waals surface area contributed by atoms with Gasteiger partial charge in [0.25, 0.3) is 0 Å². The van der Waals surface area contributed by atoms with E-state index in [1.807, 2.05) is 0 Å². The van der Waals surface area contributed by atoms with Gasteiger partial charge in [0.2, 0.25) is 0 Å². The minimum atomic E-state index is 0.361. The van der Waals surface area contributed by atoms with Crippen molar-refractivity contribution in [3.05, 3.63) is 0 Å². The lowest BCUT2D eigenvalue weighted by Gasteiger charge is -2.27. The third-order valence-electron chi connectivity index (χ3n) is 4.11. The summed E-state index contributed by atoms with van der Waals surface area (Å²) in [6, 6.07) is 0. The highest BCUT2D eigenvalue weighted by Crippen LogP contribution is 2.24. The molecule has 1 saturated carbocycles. The first kappa shape index (κ1) is 13.0. The molecule has 0 aromatic carbocycles. The van der Waals surface area contributed by atoms with E-state index < -0.39 is 0 Å². The Morgan fingerprint density at radius 1 is 1.35 bits per heavy atom. The second-order valence-electron chi connectivity index (χ2n) is 5.69. The van der Waals surface area contributed by atoms with Crippen molar-refractivity contribution in [1.29, 1.82) is 0 Å². The molecule has 0 amide bonds. The van der Waals surface area contributed by atoms with Crippen molar-refractivity contribution >= 4 is 5.78 Å². The van der Waals surface area contributed by atoms with Crippen LogP contribution in [0.3, 0.4) is 0 Å². The van der Waals surface area contributed by atoms with Gasteiger partial charge in [-0.05, 0) is 51.6 Å². The van der Waals surface area contributed by atoms with Gasteiger partial charge in [-0.3, -0.25) is 4.79 Å². The maximum atomic E-state index is 11.5. The van der Waals surface area contributed by atoms with E-state index in [-0.39, 0.29) is 0 Å². The van der Waals surface area contributed by atoms with E-state index in [1.54, 1.807) is 0 Å². The summed E-state index contributed by atoms with van der Waals surface area (Å²) in [7, 11) is 2.17. The first-order chi connectivity index (χ1) is 8.25. The van der Waals surface area contributed by atoms with E-state index in [4.69, 9.17) is 4.74 Å². The number of hydrogen-bond acceptors (Lipinski definition) is 3. The van der Waals surface area contributed by atoms with Crippen LogP contribution in [0.4, 0.5) is 0 Å². The van der Waals surface area contributed by atoms with Gasteiger partial charge in [-0.25, -0.2) is 0 Å². The molecule has 2 rings (SSSR count). The Kier molecular flexibility index (Phi) is 4.99. The minimum Gasteiger partial charge on any atom is -0.381 e. The Labute approximate surface area is 105 Å². The van der Waals surface area contributed by atoms with E-state index >= 15 is 0 Å². The lowest BCUT2D eigenvalue weighted by atomic mass is 10.0. The van der Waals surface area contributed by atoms with Gasteiger partial charge in [0.15, 0.2) is 0 Å². The lowest BCUT2D eigenvalue weighted by molar-refractivity contribution is -0.120. The van der Waals surface area contributed by atoms with Gasteiger partial charge in [0.1, 0.15) is 5.78 Å². The van der Waals surface area contributed by atoms with Crippen LogP contribution in [0.25, 0.3) is 0 Å². The molecule has 0 spiro atoms. The summed E-state index contributed by atoms with van der Waals surface area (Å²) < 4.78 is 5.50. The molecule has 1 aliphatic carbocycles. The fourth-order valence-corrected chi connectivity index (χ4v) is 3.05. The highest BCUT2D eigenvalue weighted by molar-refractivity contribution is 5.82. The van der Waals surface area contributed by atoms with Crippen LogP contribution < -0.4 is 0 Å². The Hall–Kier alpha value is -0.410. The SMILES string of the molecule is CN(CCC1CCCC1=O)CC1CCCOC1. The second kappa shape index (κ2) is 6.50. The average Bonchev–Trinajstić information content (AvgIpc) is 2.74. The zero-order chi connectivity index (χ0) is 12.1. The predicted octanol–water partition coefficient (Wildman–Crippen LogP) is 2.10. The summed E-state index contributed by atoms with van der Waals surface area (Å²) in [6.45, 7) is 4.05. The Morgan fingerprint density at radius 2 is 2.24 bits per heavy atom. The molecular formula is C14H25NO2. The molecule has 2 fully saturated rings. The van der Waals surface area contributed by atoms with Gasteiger partial charge < -0.3 is 9.64 Å². The summed E-state index contributed by atoms with van der Waals surface area (Å²) in [5, 5.41) is 0. The standard InChI is InChI=1S/C14H25NO2/c1-15(10-12-4-3-9-17-11-12)8-7-13-5-2-6-14(13)16/h12-13H,2-11H2,1H3. The molecule has 2 unspecified atom stereocenters. The number of hydrogen-bond donors (Lipinski definition) is 0. The van der Waals surface area contributed by atoms with Gasteiger partial charge in [0, 0.05) is 25.5 Å². The van der Waals surface area contributed by atoms with Crippen LogP contribution in [0.2, 0.25) is 0 Å². The summed E-state index contributed by atoms with van der Waals surface area (Å²) in [5.41, 5.74) is 0. The van der Waals surface area contributed by atoms with E-state index in [0.29, 0.717) is 17.6 Å². The maximum absolute atomic E-state index is 11.5. The third kappa shape index (κ3) is 4.07. The van der Waals surface area contributed by atoms with E-state index in [0.717, 1.165) is 52.0 Å². The van der Waals surface area contributed by atoms with Crippen molar-refractivity contribution in [2.75, 3.05) is 33.4 Å². The predicted molar refractivity (Wildman–Crippen MR) is 68.0 cm³/mol. The van der Waals surface area contributed by atoms with Crippen LogP contribution in [0.5, 0.6) is 0 Å². The molecule has 2 atom stereocenters. The van der Waals surface area contributed by atoms with Gasteiger partial charge in [-0.2, -0.15) is 0 Å². The molecule has 0 N–H and O–H groups in total. The monoisotopic (exact) mass is 239 g/mol. The first-order valence-electron chi connectivity index (χ1n) is 7.04. The zero-order valence-corrected chi connectivity index (χ0v) is 11.0. The highest BCUT2D eigenvalue weighted by atomic mass is 16.5. The number of rotatable bonds is 5.